The number of aromatic nitrogens is 1. The van der Waals surface area contributed by atoms with Crippen LogP contribution < -0.4 is 11.1 Å². The van der Waals surface area contributed by atoms with Crippen molar-refractivity contribution in [2.45, 2.75) is 25.4 Å². The molecular weight excluding hydrogens is 254 g/mol. The van der Waals surface area contributed by atoms with Gasteiger partial charge < -0.3 is 20.8 Å². The predicted molar refractivity (Wildman–Crippen MR) is 78.6 cm³/mol. The minimum absolute atomic E-state index is 0.116. The van der Waals surface area contributed by atoms with Crippen LogP contribution in [0.5, 0.6) is 0 Å². The Kier molecular flexibility index (Phi) is 3.60. The molecule has 0 aliphatic carbocycles. The number of carbonyl (C=O) groups excluding carboxylic acids is 1. The van der Waals surface area contributed by atoms with E-state index >= 15 is 0 Å². The summed E-state index contributed by atoms with van der Waals surface area (Å²) >= 11 is 0. The summed E-state index contributed by atoms with van der Waals surface area (Å²) in [5, 5.41) is 3.86. The van der Waals surface area contributed by atoms with E-state index in [0.717, 1.165) is 30.4 Å². The summed E-state index contributed by atoms with van der Waals surface area (Å²) < 4.78 is 5.60. The smallest absolute Gasteiger partial charge is 0.267 e. The van der Waals surface area contributed by atoms with E-state index in [1.54, 1.807) is 0 Å². The lowest BCUT2D eigenvalue weighted by atomic mass is 10.1. The maximum atomic E-state index is 12.1. The lowest BCUT2D eigenvalue weighted by Gasteiger charge is -2.22. The fourth-order valence-corrected chi connectivity index (χ4v) is 2.57. The summed E-state index contributed by atoms with van der Waals surface area (Å²) in [6, 6.07) is 7.45. The second-order valence-electron chi connectivity index (χ2n) is 5.19. The normalized spacial score (nSPS) is 19.1. The highest BCUT2D eigenvalue weighted by atomic mass is 16.5. The van der Waals surface area contributed by atoms with Crippen LogP contribution in [0, 0.1) is 0 Å². The fraction of sp³-hybridized carbons (Fsp3) is 0.400. The molecule has 1 saturated heterocycles. The summed E-state index contributed by atoms with van der Waals surface area (Å²) in [6.45, 7) is 1.35. The number of nitrogen functional groups attached to an aromatic ring is 1. The maximum absolute atomic E-state index is 12.1. The zero-order valence-corrected chi connectivity index (χ0v) is 11.3. The van der Waals surface area contributed by atoms with Crippen molar-refractivity contribution in [3.05, 3.63) is 30.0 Å². The van der Waals surface area contributed by atoms with E-state index in [1.807, 2.05) is 24.3 Å². The van der Waals surface area contributed by atoms with Crippen LogP contribution in [0.15, 0.2) is 24.3 Å². The number of para-hydroxylation sites is 1. The average Bonchev–Trinajstić information content (AvgIpc) is 2.91. The monoisotopic (exact) mass is 273 g/mol. The predicted octanol–water partition coefficient (Wildman–Crippen LogP) is 2.05. The molecule has 3 rings (SSSR count). The zero-order valence-electron chi connectivity index (χ0n) is 11.3. The lowest BCUT2D eigenvalue weighted by Crippen LogP contribution is -2.35. The SMILES string of the molecule is Nc1cccc2cc(C(=O)NCC3CCCCO3)[nH]c12. The molecule has 1 aliphatic heterocycles. The van der Waals surface area contributed by atoms with Crippen molar-refractivity contribution in [2.75, 3.05) is 18.9 Å². The van der Waals surface area contributed by atoms with Crippen LogP contribution in [-0.2, 0) is 4.74 Å². The molecule has 20 heavy (non-hydrogen) atoms. The Morgan fingerprint density at radius 3 is 3.10 bits per heavy atom. The van der Waals surface area contributed by atoms with E-state index in [1.165, 1.54) is 6.42 Å². The summed E-state index contributed by atoms with van der Waals surface area (Å²) in [7, 11) is 0. The van der Waals surface area contributed by atoms with Crippen LogP contribution in [0.25, 0.3) is 10.9 Å². The first kappa shape index (κ1) is 13.0. The molecule has 0 bridgehead atoms. The van der Waals surface area contributed by atoms with E-state index in [9.17, 15) is 4.79 Å². The highest BCUT2D eigenvalue weighted by Gasteiger charge is 2.16. The van der Waals surface area contributed by atoms with Crippen molar-refractivity contribution < 1.29 is 9.53 Å². The van der Waals surface area contributed by atoms with Crippen LogP contribution in [0.4, 0.5) is 5.69 Å². The Bertz CT molecular complexity index is 615. The van der Waals surface area contributed by atoms with Gasteiger partial charge in [0.05, 0.1) is 17.3 Å². The first-order chi connectivity index (χ1) is 9.74. The molecule has 0 radical (unpaired) electrons. The molecule has 1 atom stereocenters. The third-order valence-corrected chi connectivity index (χ3v) is 3.70. The number of fused-ring (bicyclic) bond motifs is 1. The van der Waals surface area contributed by atoms with E-state index in [4.69, 9.17) is 10.5 Å². The second kappa shape index (κ2) is 5.54. The highest BCUT2D eigenvalue weighted by molar-refractivity contribution is 6.00. The molecule has 106 valence electrons. The van der Waals surface area contributed by atoms with Gasteiger partial charge in [-0.3, -0.25) is 4.79 Å². The number of hydrogen-bond acceptors (Lipinski definition) is 3. The lowest BCUT2D eigenvalue weighted by molar-refractivity contribution is 0.0168. The van der Waals surface area contributed by atoms with Crippen LogP contribution in [0.2, 0.25) is 0 Å². The van der Waals surface area contributed by atoms with E-state index in [0.29, 0.717) is 17.9 Å². The minimum Gasteiger partial charge on any atom is -0.397 e. The van der Waals surface area contributed by atoms with E-state index in [2.05, 4.69) is 10.3 Å². The van der Waals surface area contributed by atoms with Gasteiger partial charge in [-0.15, -0.1) is 0 Å². The van der Waals surface area contributed by atoms with Crippen molar-refractivity contribution in [1.29, 1.82) is 0 Å². The molecule has 0 saturated carbocycles. The first-order valence-corrected chi connectivity index (χ1v) is 7.01. The first-order valence-electron chi connectivity index (χ1n) is 7.01. The van der Waals surface area contributed by atoms with Crippen molar-refractivity contribution in [2.24, 2.45) is 0 Å². The van der Waals surface area contributed by atoms with Gasteiger partial charge in [-0.1, -0.05) is 12.1 Å². The Morgan fingerprint density at radius 1 is 1.45 bits per heavy atom. The highest BCUT2D eigenvalue weighted by Crippen LogP contribution is 2.21. The molecule has 0 spiro atoms. The summed E-state index contributed by atoms with van der Waals surface area (Å²) in [5.41, 5.74) is 7.88. The van der Waals surface area contributed by atoms with Gasteiger partial charge in [0.1, 0.15) is 5.69 Å². The molecule has 4 N–H and O–H groups in total. The number of anilines is 1. The van der Waals surface area contributed by atoms with Gasteiger partial charge in [0.15, 0.2) is 0 Å². The molecule has 1 fully saturated rings. The van der Waals surface area contributed by atoms with Gasteiger partial charge in [-0.2, -0.15) is 0 Å². The molecule has 2 heterocycles. The molecule has 1 aromatic carbocycles. The number of rotatable bonds is 3. The maximum Gasteiger partial charge on any atom is 0.267 e. The van der Waals surface area contributed by atoms with Crippen molar-refractivity contribution >= 4 is 22.5 Å². The number of hydrogen-bond donors (Lipinski definition) is 3. The van der Waals surface area contributed by atoms with Gasteiger partial charge in [0.2, 0.25) is 0 Å². The van der Waals surface area contributed by atoms with E-state index in [-0.39, 0.29) is 12.0 Å². The average molecular weight is 273 g/mol. The number of H-pyrrole nitrogens is 1. The number of nitrogens with two attached hydrogens (primary N) is 1. The third kappa shape index (κ3) is 2.63. The van der Waals surface area contributed by atoms with Gasteiger partial charge in [0.25, 0.3) is 5.91 Å². The molecule has 5 nitrogen and oxygen atoms in total. The number of aromatic amines is 1. The Balaban J connectivity index is 1.67. The molecule has 1 unspecified atom stereocenters. The molecule has 5 heteroatoms. The minimum atomic E-state index is -0.116. The number of carbonyl (C=O) groups is 1. The number of amides is 1. The quantitative estimate of drug-likeness (QED) is 0.749. The standard InChI is InChI=1S/C15H19N3O2/c16-12-6-3-4-10-8-13(18-14(10)12)15(19)17-9-11-5-1-2-7-20-11/h3-4,6,8,11,18H,1-2,5,7,9,16H2,(H,17,19). The van der Waals surface area contributed by atoms with Crippen LogP contribution >= 0.6 is 0 Å². The summed E-state index contributed by atoms with van der Waals surface area (Å²) in [6.07, 6.45) is 3.44. The topological polar surface area (TPSA) is 80.1 Å². The van der Waals surface area contributed by atoms with E-state index < -0.39 is 0 Å². The zero-order chi connectivity index (χ0) is 13.9. The van der Waals surface area contributed by atoms with Crippen molar-refractivity contribution in [3.63, 3.8) is 0 Å². The fourth-order valence-electron chi connectivity index (χ4n) is 2.57. The Hall–Kier alpha value is -2.01. The third-order valence-electron chi connectivity index (χ3n) is 3.70. The van der Waals surface area contributed by atoms with Gasteiger partial charge in [-0.25, -0.2) is 0 Å². The molecule has 1 aliphatic rings. The number of ether oxygens (including phenoxy) is 1. The molecular formula is C15H19N3O2. The van der Waals surface area contributed by atoms with Crippen LogP contribution in [0.1, 0.15) is 29.8 Å². The van der Waals surface area contributed by atoms with Crippen molar-refractivity contribution in [3.8, 4) is 0 Å². The molecule has 1 aromatic heterocycles. The summed E-state index contributed by atoms with van der Waals surface area (Å²) in [4.78, 5) is 15.2. The van der Waals surface area contributed by atoms with Gasteiger partial charge in [-0.05, 0) is 31.4 Å². The van der Waals surface area contributed by atoms with Crippen molar-refractivity contribution in [1.82, 2.24) is 10.3 Å². The van der Waals surface area contributed by atoms with Crippen LogP contribution in [-0.4, -0.2) is 30.1 Å². The van der Waals surface area contributed by atoms with Gasteiger partial charge >= 0.3 is 0 Å². The second-order valence-corrected chi connectivity index (χ2v) is 5.19. The molecule has 1 amide bonds. The Labute approximate surface area is 117 Å². The van der Waals surface area contributed by atoms with Crippen LogP contribution in [0.3, 0.4) is 0 Å². The molecule has 2 aromatic rings. The summed E-state index contributed by atoms with van der Waals surface area (Å²) in [5.74, 6) is -0.116. The number of nitrogens with one attached hydrogen (secondary N) is 2. The Morgan fingerprint density at radius 2 is 2.35 bits per heavy atom. The van der Waals surface area contributed by atoms with Gasteiger partial charge in [0, 0.05) is 18.5 Å². The number of benzene rings is 1. The largest absolute Gasteiger partial charge is 0.397 e.